The Morgan fingerprint density at radius 3 is 2.64 bits per heavy atom. The number of nitrogens with zero attached hydrogens (tertiary/aromatic N) is 1. The lowest BCUT2D eigenvalue weighted by molar-refractivity contribution is -0.149. The fraction of sp³-hybridized carbons (Fsp3) is 0.312. The average molecular weight is 349 g/mol. The second-order valence-corrected chi connectivity index (χ2v) is 5.32. The van der Waals surface area contributed by atoms with E-state index in [-0.39, 0.29) is 6.54 Å². The van der Waals surface area contributed by atoms with Crippen LogP contribution in [0.3, 0.4) is 0 Å². The predicted molar refractivity (Wildman–Crippen MR) is 87.2 cm³/mol. The SMILES string of the molecule is COc1ccc(CN2C(=O)[C@H](NC(=O)O)[C@@H]2C=CC(N)=O)c(OC)c1. The zero-order valence-corrected chi connectivity index (χ0v) is 13.8. The van der Waals surface area contributed by atoms with Crippen LogP contribution in [0.2, 0.25) is 0 Å². The highest BCUT2D eigenvalue weighted by molar-refractivity contribution is 5.94. The minimum absolute atomic E-state index is 0.178. The molecular weight excluding hydrogens is 330 g/mol. The Morgan fingerprint density at radius 2 is 2.08 bits per heavy atom. The highest BCUT2D eigenvalue weighted by Gasteiger charge is 2.46. The fourth-order valence-corrected chi connectivity index (χ4v) is 2.61. The van der Waals surface area contributed by atoms with Gasteiger partial charge in [0.15, 0.2) is 0 Å². The van der Waals surface area contributed by atoms with E-state index in [0.717, 1.165) is 6.08 Å². The molecule has 3 amide bonds. The summed E-state index contributed by atoms with van der Waals surface area (Å²) in [6, 6.07) is 3.57. The Kier molecular flexibility index (Phi) is 5.48. The molecule has 134 valence electrons. The molecule has 2 rings (SSSR count). The zero-order chi connectivity index (χ0) is 18.6. The summed E-state index contributed by atoms with van der Waals surface area (Å²) in [5.74, 6) is 0.0420. The molecule has 9 heteroatoms. The van der Waals surface area contributed by atoms with Crippen LogP contribution in [0.4, 0.5) is 4.79 Å². The molecule has 2 atom stereocenters. The number of β-lactam (4-membered cyclic amide) rings is 1. The van der Waals surface area contributed by atoms with Crippen molar-refractivity contribution in [1.82, 2.24) is 10.2 Å². The van der Waals surface area contributed by atoms with Gasteiger partial charge in [0.2, 0.25) is 11.8 Å². The highest BCUT2D eigenvalue weighted by atomic mass is 16.5. The summed E-state index contributed by atoms with van der Waals surface area (Å²) >= 11 is 0. The number of benzene rings is 1. The monoisotopic (exact) mass is 349 g/mol. The lowest BCUT2D eigenvalue weighted by Crippen LogP contribution is -2.69. The molecule has 25 heavy (non-hydrogen) atoms. The van der Waals surface area contributed by atoms with Gasteiger partial charge in [-0.1, -0.05) is 6.08 Å². The number of ether oxygens (including phenoxy) is 2. The van der Waals surface area contributed by atoms with Gasteiger partial charge in [-0.3, -0.25) is 9.59 Å². The van der Waals surface area contributed by atoms with Crippen LogP contribution in [-0.4, -0.2) is 54.2 Å². The second-order valence-electron chi connectivity index (χ2n) is 5.32. The Morgan fingerprint density at radius 1 is 1.36 bits per heavy atom. The van der Waals surface area contributed by atoms with Gasteiger partial charge in [-0.15, -0.1) is 0 Å². The normalized spacial score (nSPS) is 19.4. The molecule has 1 aliphatic heterocycles. The van der Waals surface area contributed by atoms with E-state index in [2.05, 4.69) is 5.32 Å². The Labute approximate surface area is 144 Å². The van der Waals surface area contributed by atoms with Crippen LogP contribution in [0, 0.1) is 0 Å². The van der Waals surface area contributed by atoms with Crippen molar-refractivity contribution in [2.45, 2.75) is 18.6 Å². The van der Waals surface area contributed by atoms with Crippen LogP contribution >= 0.6 is 0 Å². The fourth-order valence-electron chi connectivity index (χ4n) is 2.61. The predicted octanol–water partition coefficient (Wildman–Crippen LogP) is 0.0923. The van der Waals surface area contributed by atoms with Crippen molar-refractivity contribution in [1.29, 1.82) is 0 Å². The Hall–Kier alpha value is -3.23. The van der Waals surface area contributed by atoms with Crippen LogP contribution in [0.15, 0.2) is 30.4 Å². The number of hydrogen-bond donors (Lipinski definition) is 3. The van der Waals surface area contributed by atoms with E-state index in [1.54, 1.807) is 18.2 Å². The summed E-state index contributed by atoms with van der Waals surface area (Å²) in [4.78, 5) is 35.5. The van der Waals surface area contributed by atoms with Crippen molar-refractivity contribution < 1.29 is 29.0 Å². The molecule has 4 N–H and O–H groups in total. The van der Waals surface area contributed by atoms with E-state index in [1.807, 2.05) is 0 Å². The molecule has 1 aromatic carbocycles. The molecule has 0 unspecified atom stereocenters. The van der Waals surface area contributed by atoms with Crippen LogP contribution in [0.25, 0.3) is 0 Å². The number of primary amides is 1. The topological polar surface area (TPSA) is 131 Å². The Balaban J connectivity index is 2.23. The molecule has 1 saturated heterocycles. The van der Waals surface area contributed by atoms with Gasteiger partial charge in [-0.25, -0.2) is 4.79 Å². The average Bonchev–Trinajstić information content (AvgIpc) is 2.58. The van der Waals surface area contributed by atoms with E-state index < -0.39 is 30.0 Å². The third-order valence-corrected chi connectivity index (χ3v) is 3.82. The zero-order valence-electron chi connectivity index (χ0n) is 13.8. The number of methoxy groups -OCH3 is 2. The van der Waals surface area contributed by atoms with Crippen molar-refractivity contribution in [2.75, 3.05) is 14.2 Å². The molecule has 0 bridgehead atoms. The number of amides is 3. The molecular formula is C16H19N3O6. The molecule has 1 heterocycles. The number of carbonyl (C=O) groups is 3. The molecule has 0 aromatic heterocycles. The molecule has 0 aliphatic carbocycles. The second kappa shape index (κ2) is 7.56. The van der Waals surface area contributed by atoms with Gasteiger partial charge in [0.05, 0.1) is 26.8 Å². The summed E-state index contributed by atoms with van der Waals surface area (Å²) in [6.45, 7) is 0.178. The van der Waals surface area contributed by atoms with Crippen LogP contribution in [0.1, 0.15) is 5.56 Å². The summed E-state index contributed by atoms with van der Waals surface area (Å²) in [6.07, 6.45) is 1.18. The molecule has 1 fully saturated rings. The van der Waals surface area contributed by atoms with E-state index >= 15 is 0 Å². The molecule has 0 saturated carbocycles. The smallest absolute Gasteiger partial charge is 0.405 e. The van der Waals surface area contributed by atoms with Gasteiger partial charge in [-0.2, -0.15) is 0 Å². The number of hydrogen-bond acceptors (Lipinski definition) is 5. The van der Waals surface area contributed by atoms with E-state index in [4.69, 9.17) is 20.3 Å². The summed E-state index contributed by atoms with van der Waals surface area (Å²) in [7, 11) is 3.02. The summed E-state index contributed by atoms with van der Waals surface area (Å²) in [5, 5.41) is 11.0. The quantitative estimate of drug-likeness (QED) is 0.472. The third kappa shape index (κ3) is 4.00. The summed E-state index contributed by atoms with van der Waals surface area (Å²) < 4.78 is 10.4. The molecule has 1 aromatic rings. The maximum absolute atomic E-state index is 12.3. The molecule has 9 nitrogen and oxygen atoms in total. The minimum Gasteiger partial charge on any atom is -0.497 e. The first-order valence-electron chi connectivity index (χ1n) is 7.36. The van der Waals surface area contributed by atoms with Crippen molar-refractivity contribution in [2.24, 2.45) is 5.73 Å². The Bertz CT molecular complexity index is 718. The number of likely N-dealkylation sites (tertiary alicyclic amines) is 1. The van der Waals surface area contributed by atoms with E-state index in [0.29, 0.717) is 17.1 Å². The van der Waals surface area contributed by atoms with Gasteiger partial charge in [0.25, 0.3) is 0 Å². The first-order valence-corrected chi connectivity index (χ1v) is 7.36. The lowest BCUT2D eigenvalue weighted by atomic mass is 9.93. The summed E-state index contributed by atoms with van der Waals surface area (Å²) in [5.41, 5.74) is 5.79. The number of nitrogens with one attached hydrogen (secondary N) is 1. The van der Waals surface area contributed by atoms with Crippen molar-refractivity contribution in [3.63, 3.8) is 0 Å². The van der Waals surface area contributed by atoms with Crippen molar-refractivity contribution >= 4 is 17.9 Å². The van der Waals surface area contributed by atoms with Crippen molar-refractivity contribution in [3.8, 4) is 11.5 Å². The van der Waals surface area contributed by atoms with E-state index in [9.17, 15) is 14.4 Å². The number of carbonyl (C=O) groups excluding carboxylic acids is 2. The van der Waals surface area contributed by atoms with Gasteiger partial charge in [-0.05, 0) is 12.1 Å². The molecule has 1 aliphatic rings. The molecule has 0 spiro atoms. The van der Waals surface area contributed by atoms with Gasteiger partial charge < -0.3 is 30.5 Å². The minimum atomic E-state index is -1.32. The number of nitrogens with two attached hydrogens (primary N) is 1. The number of rotatable bonds is 7. The largest absolute Gasteiger partial charge is 0.497 e. The standard InChI is InChI=1S/C16H19N3O6/c1-24-10-4-3-9(12(7-10)25-2)8-19-11(5-6-13(17)20)14(15(19)21)18-16(22)23/h3-7,11,14,18H,8H2,1-2H3,(H2,17,20)(H,22,23)/t11-,14+/m0/s1. The number of carboxylic acid groups (broad SMARTS) is 1. The lowest BCUT2D eigenvalue weighted by Gasteiger charge is -2.45. The maximum atomic E-state index is 12.3. The van der Waals surface area contributed by atoms with Gasteiger partial charge in [0, 0.05) is 17.7 Å². The maximum Gasteiger partial charge on any atom is 0.405 e. The van der Waals surface area contributed by atoms with Crippen LogP contribution in [-0.2, 0) is 16.1 Å². The van der Waals surface area contributed by atoms with Crippen molar-refractivity contribution in [3.05, 3.63) is 35.9 Å². The van der Waals surface area contributed by atoms with Crippen LogP contribution < -0.4 is 20.5 Å². The van der Waals surface area contributed by atoms with Gasteiger partial charge >= 0.3 is 6.09 Å². The highest BCUT2D eigenvalue weighted by Crippen LogP contribution is 2.30. The van der Waals surface area contributed by atoms with Crippen LogP contribution in [0.5, 0.6) is 11.5 Å². The first kappa shape index (κ1) is 18.1. The first-order chi connectivity index (χ1) is 11.9. The van der Waals surface area contributed by atoms with E-state index in [1.165, 1.54) is 25.2 Å². The third-order valence-electron chi connectivity index (χ3n) is 3.82. The molecule has 0 radical (unpaired) electrons. The van der Waals surface area contributed by atoms with Gasteiger partial charge in [0.1, 0.15) is 17.5 Å².